The number of carboxylic acid groups (broad SMARTS) is 1. The summed E-state index contributed by atoms with van der Waals surface area (Å²) in [6, 6.07) is 5.71. The Morgan fingerprint density at radius 2 is 2.00 bits per heavy atom. The predicted octanol–water partition coefficient (Wildman–Crippen LogP) is 2.99. The molecule has 17 heavy (non-hydrogen) atoms. The van der Waals surface area contributed by atoms with Gasteiger partial charge in [-0.05, 0) is 44.4 Å². The van der Waals surface area contributed by atoms with E-state index in [0.29, 0.717) is 13.0 Å². The smallest absolute Gasteiger partial charge is 0.326 e. The summed E-state index contributed by atoms with van der Waals surface area (Å²) >= 11 is 0. The molecule has 3 heteroatoms. The number of hydrogen-bond donors (Lipinski definition) is 1. The van der Waals surface area contributed by atoms with Crippen molar-refractivity contribution in [1.82, 2.24) is 0 Å². The lowest BCUT2D eigenvalue weighted by atomic mass is 10.1. The summed E-state index contributed by atoms with van der Waals surface area (Å²) in [5.74, 6) is -0.754. The van der Waals surface area contributed by atoms with Gasteiger partial charge in [0, 0.05) is 12.2 Å². The molecule has 94 valence electrons. The van der Waals surface area contributed by atoms with Gasteiger partial charge in [-0.2, -0.15) is 0 Å². The van der Waals surface area contributed by atoms with E-state index in [1.807, 2.05) is 44.7 Å². The zero-order valence-electron chi connectivity index (χ0n) is 11.0. The molecule has 1 aromatic carbocycles. The second kappa shape index (κ2) is 5.71. The number of rotatable bonds is 5. The minimum absolute atomic E-state index is 0.444. The molecule has 1 aromatic rings. The van der Waals surface area contributed by atoms with Crippen LogP contribution in [0.4, 0.5) is 5.69 Å². The van der Waals surface area contributed by atoms with Gasteiger partial charge in [-0.25, -0.2) is 4.79 Å². The molecule has 1 atom stereocenters. The number of carboxylic acids is 1. The Hall–Kier alpha value is -1.51. The topological polar surface area (TPSA) is 40.5 Å². The van der Waals surface area contributed by atoms with Gasteiger partial charge < -0.3 is 10.0 Å². The first-order chi connectivity index (χ1) is 8.01. The van der Waals surface area contributed by atoms with Crippen molar-refractivity contribution in [3.63, 3.8) is 0 Å². The highest BCUT2D eigenvalue weighted by molar-refractivity contribution is 5.78. The van der Waals surface area contributed by atoms with Gasteiger partial charge in [0.05, 0.1) is 0 Å². The lowest BCUT2D eigenvalue weighted by Gasteiger charge is -2.30. The van der Waals surface area contributed by atoms with Crippen molar-refractivity contribution in [3.8, 4) is 0 Å². The van der Waals surface area contributed by atoms with Crippen molar-refractivity contribution in [2.24, 2.45) is 0 Å². The number of aryl methyl sites for hydroxylation is 2. The molecule has 0 unspecified atom stereocenters. The van der Waals surface area contributed by atoms with E-state index in [4.69, 9.17) is 0 Å². The molecule has 1 N–H and O–H groups in total. The molecule has 3 nitrogen and oxygen atoms in total. The average molecular weight is 235 g/mol. The largest absolute Gasteiger partial charge is 0.480 e. The van der Waals surface area contributed by atoms with Gasteiger partial charge in [0.2, 0.25) is 0 Å². The van der Waals surface area contributed by atoms with Gasteiger partial charge in [0.1, 0.15) is 6.04 Å². The summed E-state index contributed by atoms with van der Waals surface area (Å²) in [5, 5.41) is 9.25. The normalized spacial score (nSPS) is 12.2. The van der Waals surface area contributed by atoms with Crippen LogP contribution in [0, 0.1) is 13.8 Å². The van der Waals surface area contributed by atoms with Gasteiger partial charge in [-0.1, -0.05) is 19.1 Å². The lowest BCUT2D eigenvalue weighted by molar-refractivity contribution is -0.138. The Morgan fingerprint density at radius 3 is 2.47 bits per heavy atom. The van der Waals surface area contributed by atoms with Gasteiger partial charge in [0.25, 0.3) is 0 Å². The van der Waals surface area contributed by atoms with Crippen LogP contribution in [0.15, 0.2) is 18.2 Å². The van der Waals surface area contributed by atoms with Crippen LogP contribution in [-0.2, 0) is 4.79 Å². The highest BCUT2D eigenvalue weighted by Crippen LogP contribution is 2.24. The van der Waals surface area contributed by atoms with Gasteiger partial charge in [0.15, 0.2) is 0 Å². The first-order valence-corrected chi connectivity index (χ1v) is 6.07. The maximum atomic E-state index is 11.3. The van der Waals surface area contributed by atoms with E-state index < -0.39 is 12.0 Å². The second-order valence-electron chi connectivity index (χ2n) is 4.34. The molecular formula is C14H21NO2. The fourth-order valence-electron chi connectivity index (χ4n) is 2.12. The molecule has 1 rings (SSSR count). The lowest BCUT2D eigenvalue weighted by Crippen LogP contribution is -2.41. The number of benzene rings is 1. The predicted molar refractivity (Wildman–Crippen MR) is 70.7 cm³/mol. The van der Waals surface area contributed by atoms with Crippen molar-refractivity contribution in [3.05, 3.63) is 29.3 Å². The highest BCUT2D eigenvalue weighted by Gasteiger charge is 2.23. The van der Waals surface area contributed by atoms with Crippen molar-refractivity contribution in [1.29, 1.82) is 0 Å². The molecule has 0 aliphatic rings. The van der Waals surface area contributed by atoms with Crippen LogP contribution in [0.5, 0.6) is 0 Å². The van der Waals surface area contributed by atoms with E-state index in [1.165, 1.54) is 0 Å². The summed E-state index contributed by atoms with van der Waals surface area (Å²) < 4.78 is 0. The highest BCUT2D eigenvalue weighted by atomic mass is 16.4. The van der Waals surface area contributed by atoms with Crippen LogP contribution in [0.25, 0.3) is 0 Å². The first-order valence-electron chi connectivity index (χ1n) is 6.07. The van der Waals surface area contributed by atoms with Crippen molar-refractivity contribution >= 4 is 11.7 Å². The van der Waals surface area contributed by atoms with Crippen molar-refractivity contribution in [2.45, 2.75) is 40.2 Å². The summed E-state index contributed by atoms with van der Waals surface area (Å²) in [4.78, 5) is 13.2. The molecule has 0 amide bonds. The van der Waals surface area contributed by atoms with Crippen LogP contribution < -0.4 is 4.90 Å². The standard InChI is InChI=1S/C14H21NO2/c1-5-12(14(16)17)15(6-2)13-9-10(3)7-8-11(13)4/h7-9,12H,5-6H2,1-4H3,(H,16,17)/t12-/m0/s1. The third kappa shape index (κ3) is 2.99. The summed E-state index contributed by atoms with van der Waals surface area (Å²) in [5.41, 5.74) is 3.31. The SMILES string of the molecule is CC[C@@H](C(=O)O)N(CC)c1cc(C)ccc1C. The van der Waals surface area contributed by atoms with Crippen molar-refractivity contribution in [2.75, 3.05) is 11.4 Å². The molecule has 0 fully saturated rings. The maximum Gasteiger partial charge on any atom is 0.326 e. The Kier molecular flexibility index (Phi) is 4.55. The van der Waals surface area contributed by atoms with E-state index in [9.17, 15) is 9.90 Å². The minimum Gasteiger partial charge on any atom is -0.480 e. The molecule has 0 aliphatic heterocycles. The molecule has 0 heterocycles. The van der Waals surface area contributed by atoms with E-state index in [2.05, 4.69) is 6.07 Å². The third-order valence-corrected chi connectivity index (χ3v) is 3.06. The minimum atomic E-state index is -0.754. The Balaban J connectivity index is 3.16. The molecule has 0 spiro atoms. The number of hydrogen-bond acceptors (Lipinski definition) is 2. The summed E-state index contributed by atoms with van der Waals surface area (Å²) in [6.45, 7) is 8.65. The van der Waals surface area contributed by atoms with Gasteiger partial charge in [-0.15, -0.1) is 0 Å². The Morgan fingerprint density at radius 1 is 1.35 bits per heavy atom. The molecule has 0 aromatic heterocycles. The fourth-order valence-corrected chi connectivity index (χ4v) is 2.12. The van der Waals surface area contributed by atoms with Crippen LogP contribution in [0.2, 0.25) is 0 Å². The summed E-state index contributed by atoms with van der Waals surface area (Å²) in [6.07, 6.45) is 0.608. The van der Waals surface area contributed by atoms with E-state index in [1.54, 1.807) is 0 Å². The monoisotopic (exact) mass is 235 g/mol. The van der Waals surface area contributed by atoms with Gasteiger partial charge in [-0.3, -0.25) is 0 Å². The second-order valence-corrected chi connectivity index (χ2v) is 4.34. The van der Waals surface area contributed by atoms with E-state index in [-0.39, 0.29) is 0 Å². The van der Waals surface area contributed by atoms with E-state index in [0.717, 1.165) is 16.8 Å². The molecule has 0 bridgehead atoms. The molecular weight excluding hydrogens is 214 g/mol. The Bertz CT molecular complexity index is 401. The zero-order valence-corrected chi connectivity index (χ0v) is 11.0. The van der Waals surface area contributed by atoms with Crippen LogP contribution in [0.3, 0.4) is 0 Å². The number of aliphatic carboxylic acids is 1. The number of nitrogens with zero attached hydrogens (tertiary/aromatic N) is 1. The molecule has 0 saturated heterocycles. The number of anilines is 1. The number of likely N-dealkylation sites (N-methyl/N-ethyl adjacent to an activating group) is 1. The van der Waals surface area contributed by atoms with Crippen LogP contribution in [0.1, 0.15) is 31.4 Å². The zero-order chi connectivity index (χ0) is 13.0. The Labute approximate surface area is 103 Å². The molecule has 0 saturated carbocycles. The van der Waals surface area contributed by atoms with Crippen molar-refractivity contribution < 1.29 is 9.90 Å². The third-order valence-electron chi connectivity index (χ3n) is 3.06. The van der Waals surface area contributed by atoms with Gasteiger partial charge >= 0.3 is 5.97 Å². The quantitative estimate of drug-likeness (QED) is 0.853. The first kappa shape index (κ1) is 13.6. The van der Waals surface area contributed by atoms with Crippen LogP contribution in [-0.4, -0.2) is 23.7 Å². The number of carbonyl (C=O) groups is 1. The van der Waals surface area contributed by atoms with Crippen LogP contribution >= 0.6 is 0 Å². The molecule has 0 aliphatic carbocycles. The molecule has 0 radical (unpaired) electrons. The summed E-state index contributed by atoms with van der Waals surface area (Å²) in [7, 11) is 0. The average Bonchev–Trinajstić information content (AvgIpc) is 2.28. The maximum absolute atomic E-state index is 11.3. The van der Waals surface area contributed by atoms with E-state index >= 15 is 0 Å². The fraction of sp³-hybridized carbons (Fsp3) is 0.500.